The molecule has 0 aromatic carbocycles. The lowest BCUT2D eigenvalue weighted by Gasteiger charge is -2.42. The first-order valence-corrected chi connectivity index (χ1v) is 25.6. The zero-order valence-corrected chi connectivity index (χ0v) is 40.4. The summed E-state index contributed by atoms with van der Waals surface area (Å²) in [6.07, 6.45) is 23.7. The van der Waals surface area contributed by atoms with Crippen LogP contribution in [0.3, 0.4) is 0 Å². The summed E-state index contributed by atoms with van der Waals surface area (Å²) in [4.78, 5) is 25.6. The fourth-order valence-corrected chi connectivity index (χ4v) is 7.93. The fraction of sp³-hybridized carbons (Fsp3) is 0.843. The van der Waals surface area contributed by atoms with Gasteiger partial charge in [-0.1, -0.05) is 172 Å². The first-order valence-electron chi connectivity index (χ1n) is 25.6. The number of carbonyl (C=O) groups is 2. The highest BCUT2D eigenvalue weighted by atomic mass is 16.7. The van der Waals surface area contributed by atoms with Crippen LogP contribution < -0.4 is 0 Å². The molecular weight excluding hydrogens is 853 g/mol. The van der Waals surface area contributed by atoms with E-state index in [1.807, 2.05) is 12.2 Å². The Morgan fingerprint density at radius 2 is 0.909 bits per heavy atom. The molecule has 0 saturated carbocycles. The van der Waals surface area contributed by atoms with Crippen LogP contribution in [0.15, 0.2) is 36.5 Å². The maximum atomic E-state index is 12.9. The number of carbonyl (C=O) groups excluding carboxylic acids is 2. The Kier molecular flexibility index (Phi) is 35.0. The summed E-state index contributed by atoms with van der Waals surface area (Å²) in [6.45, 7) is 2.46. The summed E-state index contributed by atoms with van der Waals surface area (Å²) < 4.78 is 33.4. The van der Waals surface area contributed by atoms with Gasteiger partial charge < -0.3 is 64.2 Å². The van der Waals surface area contributed by atoms with Gasteiger partial charge in [0.05, 0.1) is 32.7 Å². The van der Waals surface area contributed by atoms with E-state index in [1.165, 1.54) is 122 Å². The number of allylic oxidation sites excluding steroid dienone is 4. The molecule has 15 heteroatoms. The van der Waals surface area contributed by atoms with Gasteiger partial charge in [0.15, 0.2) is 18.7 Å². The van der Waals surface area contributed by atoms with Crippen LogP contribution >= 0.6 is 0 Å². The van der Waals surface area contributed by atoms with E-state index in [1.54, 1.807) is 12.2 Å². The Balaban J connectivity index is 1.86. The van der Waals surface area contributed by atoms with Gasteiger partial charge >= 0.3 is 11.9 Å². The van der Waals surface area contributed by atoms with E-state index in [0.717, 1.165) is 25.7 Å². The van der Waals surface area contributed by atoms with Crippen LogP contribution in [0, 0.1) is 0 Å². The predicted octanol–water partition coefficient (Wildman–Crippen LogP) is 6.93. The minimum Gasteiger partial charge on any atom is -0.461 e. The van der Waals surface area contributed by atoms with E-state index in [9.17, 15) is 45.3 Å². The highest BCUT2D eigenvalue weighted by Crippen LogP contribution is 2.26. The first kappa shape index (κ1) is 59.8. The van der Waals surface area contributed by atoms with E-state index in [4.69, 9.17) is 28.4 Å². The molecule has 0 radical (unpaired) electrons. The summed E-state index contributed by atoms with van der Waals surface area (Å²) in [5.41, 5.74) is 0. The number of hydrogen-bond acceptors (Lipinski definition) is 15. The molecule has 0 aromatic heterocycles. The predicted molar refractivity (Wildman–Crippen MR) is 252 cm³/mol. The number of unbranched alkanes of at least 4 members (excludes halogenated alkanes) is 21. The van der Waals surface area contributed by atoms with Gasteiger partial charge in [-0.25, -0.2) is 0 Å². The number of esters is 2. The van der Waals surface area contributed by atoms with Crippen LogP contribution in [-0.2, 0) is 38.0 Å². The molecule has 2 aliphatic heterocycles. The van der Waals surface area contributed by atoms with Gasteiger partial charge in [-0.2, -0.15) is 0 Å². The third-order valence-corrected chi connectivity index (χ3v) is 12.2. The van der Waals surface area contributed by atoms with Crippen molar-refractivity contribution in [2.75, 3.05) is 26.4 Å². The molecule has 0 bridgehead atoms. The van der Waals surface area contributed by atoms with E-state index in [0.29, 0.717) is 6.42 Å². The van der Waals surface area contributed by atoms with E-state index >= 15 is 0 Å². The SMILES string of the molecule is CCCCCCCCCCCC=CCC=CCC(=O)OC[C@H](CO[C@@H]1O[C@H](CO[C@H]2O[C@H](CO)[C@H](O)C(O)C2O)[C@H](O)C(O)C1O)OC(=O)CC=CCCCCCCCCCCCCCC. The average Bonchev–Trinajstić information content (AvgIpc) is 3.31. The molecule has 2 aliphatic rings. The normalized spacial score (nSPS) is 26.4. The molecule has 4 unspecified atom stereocenters. The molecule has 384 valence electrons. The highest BCUT2D eigenvalue weighted by molar-refractivity contribution is 5.72. The lowest BCUT2D eigenvalue weighted by atomic mass is 9.98. The lowest BCUT2D eigenvalue weighted by molar-refractivity contribution is -0.332. The van der Waals surface area contributed by atoms with E-state index in [-0.39, 0.29) is 19.4 Å². The smallest absolute Gasteiger partial charge is 0.310 e. The number of aliphatic hydroxyl groups excluding tert-OH is 7. The van der Waals surface area contributed by atoms with Gasteiger partial charge in [0.25, 0.3) is 0 Å². The monoisotopic (exact) mass is 943 g/mol. The Hall–Kier alpha value is -2.28. The topological polar surface area (TPSA) is 231 Å². The Morgan fingerprint density at radius 3 is 1.44 bits per heavy atom. The van der Waals surface area contributed by atoms with E-state index in [2.05, 4.69) is 26.0 Å². The summed E-state index contributed by atoms with van der Waals surface area (Å²) in [6, 6.07) is 0. The van der Waals surface area contributed by atoms with Crippen molar-refractivity contribution in [3.05, 3.63) is 36.5 Å². The summed E-state index contributed by atoms with van der Waals surface area (Å²) in [5.74, 6) is -1.14. The Morgan fingerprint density at radius 1 is 0.485 bits per heavy atom. The van der Waals surface area contributed by atoms with Gasteiger partial charge in [0, 0.05) is 0 Å². The van der Waals surface area contributed by atoms with Gasteiger partial charge in [-0.15, -0.1) is 0 Å². The van der Waals surface area contributed by atoms with Crippen molar-refractivity contribution in [3.8, 4) is 0 Å². The first-order chi connectivity index (χ1) is 32.0. The highest BCUT2D eigenvalue weighted by Gasteiger charge is 2.47. The molecule has 2 rings (SSSR count). The van der Waals surface area contributed by atoms with Crippen LogP contribution in [0.4, 0.5) is 0 Å². The van der Waals surface area contributed by atoms with Crippen LogP contribution in [0.25, 0.3) is 0 Å². The number of ether oxygens (including phenoxy) is 6. The van der Waals surface area contributed by atoms with Gasteiger partial charge in [0.2, 0.25) is 0 Å². The van der Waals surface area contributed by atoms with Crippen LogP contribution in [0.5, 0.6) is 0 Å². The molecule has 7 N–H and O–H groups in total. The maximum absolute atomic E-state index is 12.9. The molecule has 0 aromatic rings. The van der Waals surface area contributed by atoms with Crippen molar-refractivity contribution in [1.82, 2.24) is 0 Å². The second-order valence-electron chi connectivity index (χ2n) is 18.0. The molecular formula is C51H90O15. The minimum atomic E-state index is -1.78. The minimum absolute atomic E-state index is 0.000138. The summed E-state index contributed by atoms with van der Waals surface area (Å²) >= 11 is 0. The van der Waals surface area contributed by atoms with Gasteiger partial charge in [-0.05, 0) is 32.1 Å². The van der Waals surface area contributed by atoms with Gasteiger partial charge in [-0.3, -0.25) is 9.59 Å². The number of hydrogen-bond donors (Lipinski definition) is 7. The molecule has 0 spiro atoms. The lowest BCUT2D eigenvalue weighted by Crippen LogP contribution is -2.61. The van der Waals surface area contributed by atoms with Crippen LogP contribution in [-0.4, -0.2) is 142 Å². The Bertz CT molecular complexity index is 1290. The quantitative estimate of drug-likeness (QED) is 0.0188. The molecule has 2 saturated heterocycles. The van der Waals surface area contributed by atoms with Crippen LogP contribution in [0.2, 0.25) is 0 Å². The standard InChI is InChI=1S/C51H90O15/c1-3-5-7-9-11-13-15-17-19-21-23-25-27-29-31-33-42(53)61-36-39(64-43(54)34-32-30-28-26-24-22-20-18-16-14-12-10-8-6-4-2)37-62-50-49(60)47(58)45(56)41(66-50)38-63-51-48(59)46(57)44(55)40(35-52)65-51/h23,25,29-32,39-41,44-52,55-60H,3-22,24,26-28,33-38H2,1-2H3/t39-,40-,41-,44+,45+,46?,47?,48?,49?,50-,51+/m1/s1. The molecule has 0 amide bonds. The zero-order valence-electron chi connectivity index (χ0n) is 40.4. The van der Waals surface area contributed by atoms with Crippen LogP contribution in [0.1, 0.15) is 181 Å². The second kappa shape index (κ2) is 38.6. The molecule has 15 nitrogen and oxygen atoms in total. The number of aliphatic hydroxyl groups is 7. The molecule has 11 atom stereocenters. The largest absolute Gasteiger partial charge is 0.461 e. The number of rotatable bonds is 39. The molecule has 66 heavy (non-hydrogen) atoms. The molecule has 2 heterocycles. The van der Waals surface area contributed by atoms with Crippen molar-refractivity contribution < 1.29 is 73.8 Å². The molecule has 2 fully saturated rings. The van der Waals surface area contributed by atoms with Crippen molar-refractivity contribution >= 4 is 11.9 Å². The third-order valence-electron chi connectivity index (χ3n) is 12.2. The molecule has 0 aliphatic carbocycles. The van der Waals surface area contributed by atoms with E-state index < -0.39 is 99.3 Å². The van der Waals surface area contributed by atoms with Crippen molar-refractivity contribution in [2.45, 2.75) is 248 Å². The van der Waals surface area contributed by atoms with Gasteiger partial charge in [0.1, 0.15) is 55.4 Å². The zero-order chi connectivity index (χ0) is 48.2. The Labute approximate surface area is 395 Å². The summed E-state index contributed by atoms with van der Waals surface area (Å²) in [5, 5.41) is 72.0. The fourth-order valence-electron chi connectivity index (χ4n) is 7.93. The second-order valence-corrected chi connectivity index (χ2v) is 18.0. The van der Waals surface area contributed by atoms with Crippen molar-refractivity contribution in [1.29, 1.82) is 0 Å². The third kappa shape index (κ3) is 26.5. The van der Waals surface area contributed by atoms with Crippen molar-refractivity contribution in [3.63, 3.8) is 0 Å². The summed E-state index contributed by atoms with van der Waals surface area (Å²) in [7, 11) is 0. The maximum Gasteiger partial charge on any atom is 0.310 e. The average molecular weight is 943 g/mol. The van der Waals surface area contributed by atoms with Crippen molar-refractivity contribution in [2.24, 2.45) is 0 Å².